The maximum absolute atomic E-state index is 13.7. The van der Waals surface area contributed by atoms with Crippen LogP contribution in [0.2, 0.25) is 0 Å². The maximum Gasteiger partial charge on any atom is 0.165 e. The Balaban J connectivity index is 2.29. The molecule has 0 saturated heterocycles. The molecule has 0 aliphatic carbocycles. The van der Waals surface area contributed by atoms with Gasteiger partial charge < -0.3 is 10.5 Å². The van der Waals surface area contributed by atoms with Crippen LogP contribution in [0.25, 0.3) is 0 Å². The van der Waals surface area contributed by atoms with Crippen molar-refractivity contribution in [1.82, 2.24) is 0 Å². The number of ether oxygens (including phenoxy) is 1. The highest BCUT2D eigenvalue weighted by molar-refractivity contribution is 5.31. The van der Waals surface area contributed by atoms with Gasteiger partial charge in [-0.1, -0.05) is 24.3 Å². The van der Waals surface area contributed by atoms with E-state index in [0.717, 1.165) is 5.56 Å². The molecule has 1 unspecified atom stereocenters. The first-order valence-electron chi connectivity index (χ1n) is 5.99. The van der Waals surface area contributed by atoms with Crippen molar-refractivity contribution in [2.45, 2.75) is 13.0 Å². The summed E-state index contributed by atoms with van der Waals surface area (Å²) in [6.07, 6.45) is -0.711. The Kier molecular flexibility index (Phi) is 4.12. The average molecular weight is 263 g/mol. The van der Waals surface area contributed by atoms with Crippen LogP contribution in [0.1, 0.15) is 17.2 Å². The van der Waals surface area contributed by atoms with Crippen molar-refractivity contribution in [3.8, 4) is 5.75 Å². The van der Waals surface area contributed by atoms with Crippen molar-refractivity contribution in [1.29, 1.82) is 0 Å². The molecular weight excluding hydrogens is 248 g/mol. The number of halogens is 2. The Hall–Kier alpha value is -1.94. The van der Waals surface area contributed by atoms with Crippen molar-refractivity contribution >= 4 is 0 Å². The largest absolute Gasteiger partial charge is 0.481 e. The van der Waals surface area contributed by atoms with Crippen molar-refractivity contribution in [3.05, 3.63) is 65.2 Å². The highest BCUT2D eigenvalue weighted by Gasteiger charge is 2.17. The third-order valence-corrected chi connectivity index (χ3v) is 2.82. The molecule has 0 aromatic heterocycles. The van der Waals surface area contributed by atoms with Crippen LogP contribution in [0, 0.1) is 18.6 Å². The topological polar surface area (TPSA) is 35.2 Å². The van der Waals surface area contributed by atoms with Gasteiger partial charge in [0, 0.05) is 12.1 Å². The van der Waals surface area contributed by atoms with Crippen LogP contribution < -0.4 is 10.5 Å². The van der Waals surface area contributed by atoms with Crippen LogP contribution in [0.15, 0.2) is 42.5 Å². The molecule has 0 aliphatic rings. The first-order chi connectivity index (χ1) is 9.11. The van der Waals surface area contributed by atoms with Crippen LogP contribution >= 0.6 is 0 Å². The lowest BCUT2D eigenvalue weighted by atomic mass is 10.1. The monoisotopic (exact) mass is 263 g/mol. The van der Waals surface area contributed by atoms with Gasteiger partial charge in [-0.25, -0.2) is 8.78 Å². The third kappa shape index (κ3) is 3.09. The maximum atomic E-state index is 13.7. The molecule has 1 atom stereocenters. The van der Waals surface area contributed by atoms with Crippen molar-refractivity contribution in [2.24, 2.45) is 5.73 Å². The van der Waals surface area contributed by atoms with Crippen LogP contribution in [-0.4, -0.2) is 6.54 Å². The molecule has 0 fully saturated rings. The smallest absolute Gasteiger partial charge is 0.165 e. The lowest BCUT2D eigenvalue weighted by Gasteiger charge is -2.19. The SMILES string of the molecule is Cc1ccc(F)c(OC(CN)c2ccccc2F)c1. The second kappa shape index (κ2) is 5.80. The van der Waals surface area contributed by atoms with Gasteiger partial charge in [0.05, 0.1) is 0 Å². The van der Waals surface area contributed by atoms with Gasteiger partial charge in [0.15, 0.2) is 11.6 Å². The van der Waals surface area contributed by atoms with E-state index in [4.69, 9.17) is 10.5 Å². The zero-order valence-electron chi connectivity index (χ0n) is 10.6. The minimum atomic E-state index is -0.711. The fourth-order valence-electron chi connectivity index (χ4n) is 1.83. The average Bonchev–Trinajstić information content (AvgIpc) is 2.41. The summed E-state index contributed by atoms with van der Waals surface area (Å²) in [5.41, 5.74) is 6.78. The van der Waals surface area contributed by atoms with Gasteiger partial charge in [-0.15, -0.1) is 0 Å². The van der Waals surface area contributed by atoms with E-state index in [0.29, 0.717) is 5.56 Å². The predicted molar refractivity (Wildman–Crippen MR) is 70.0 cm³/mol. The van der Waals surface area contributed by atoms with Gasteiger partial charge in [-0.05, 0) is 30.7 Å². The Labute approximate surface area is 110 Å². The molecule has 0 saturated carbocycles. The van der Waals surface area contributed by atoms with Crippen LogP contribution in [0.5, 0.6) is 5.75 Å². The van der Waals surface area contributed by atoms with Gasteiger partial charge in [-0.3, -0.25) is 0 Å². The lowest BCUT2D eigenvalue weighted by molar-refractivity contribution is 0.199. The van der Waals surface area contributed by atoms with E-state index in [2.05, 4.69) is 0 Å². The van der Waals surface area contributed by atoms with E-state index in [-0.39, 0.29) is 12.3 Å². The Bertz CT molecular complexity index is 572. The molecular formula is C15H15F2NO. The molecule has 100 valence electrons. The van der Waals surface area contributed by atoms with Crippen LogP contribution in [0.4, 0.5) is 8.78 Å². The predicted octanol–water partition coefficient (Wildman–Crippen LogP) is 3.35. The van der Waals surface area contributed by atoms with E-state index < -0.39 is 17.7 Å². The normalized spacial score (nSPS) is 12.2. The first-order valence-corrected chi connectivity index (χ1v) is 5.99. The number of rotatable bonds is 4. The summed E-state index contributed by atoms with van der Waals surface area (Å²) < 4.78 is 32.8. The number of hydrogen-bond acceptors (Lipinski definition) is 2. The summed E-state index contributed by atoms with van der Waals surface area (Å²) >= 11 is 0. The summed E-state index contributed by atoms with van der Waals surface area (Å²) in [6.45, 7) is 1.89. The lowest BCUT2D eigenvalue weighted by Crippen LogP contribution is -2.20. The highest BCUT2D eigenvalue weighted by atomic mass is 19.1. The molecule has 0 heterocycles. The van der Waals surface area contributed by atoms with Crippen molar-refractivity contribution in [2.75, 3.05) is 6.54 Å². The summed E-state index contributed by atoms with van der Waals surface area (Å²) in [4.78, 5) is 0. The molecule has 2 rings (SSSR count). The van der Waals surface area contributed by atoms with Crippen molar-refractivity contribution in [3.63, 3.8) is 0 Å². The number of benzene rings is 2. The zero-order chi connectivity index (χ0) is 13.8. The fraction of sp³-hybridized carbons (Fsp3) is 0.200. The van der Waals surface area contributed by atoms with Gasteiger partial charge in [0.25, 0.3) is 0 Å². The Morgan fingerprint density at radius 1 is 1.11 bits per heavy atom. The first kappa shape index (κ1) is 13.5. The minimum Gasteiger partial charge on any atom is -0.481 e. The molecule has 2 nitrogen and oxygen atoms in total. The molecule has 0 amide bonds. The Morgan fingerprint density at radius 2 is 1.84 bits per heavy atom. The van der Waals surface area contributed by atoms with Crippen LogP contribution in [0.3, 0.4) is 0 Å². The van der Waals surface area contributed by atoms with Gasteiger partial charge >= 0.3 is 0 Å². The van der Waals surface area contributed by atoms with Gasteiger partial charge in [-0.2, -0.15) is 0 Å². The molecule has 0 aliphatic heterocycles. The summed E-state index contributed by atoms with van der Waals surface area (Å²) in [5.74, 6) is -0.815. The third-order valence-electron chi connectivity index (χ3n) is 2.82. The number of hydrogen-bond donors (Lipinski definition) is 1. The molecule has 0 bridgehead atoms. The second-order valence-corrected chi connectivity index (χ2v) is 4.30. The molecule has 0 spiro atoms. The molecule has 2 N–H and O–H groups in total. The second-order valence-electron chi connectivity index (χ2n) is 4.30. The van der Waals surface area contributed by atoms with E-state index >= 15 is 0 Å². The number of aryl methyl sites for hydroxylation is 1. The standard InChI is InChI=1S/C15H15F2NO/c1-10-6-7-13(17)14(8-10)19-15(9-18)11-4-2-3-5-12(11)16/h2-8,15H,9,18H2,1H3. The van der Waals surface area contributed by atoms with E-state index in [1.807, 2.05) is 6.92 Å². The fourth-order valence-corrected chi connectivity index (χ4v) is 1.83. The summed E-state index contributed by atoms with van der Waals surface area (Å²) in [7, 11) is 0. The van der Waals surface area contributed by atoms with E-state index in [1.165, 1.54) is 12.1 Å². The quantitative estimate of drug-likeness (QED) is 0.918. The van der Waals surface area contributed by atoms with E-state index in [9.17, 15) is 8.78 Å². The van der Waals surface area contributed by atoms with Gasteiger partial charge in [0.2, 0.25) is 0 Å². The van der Waals surface area contributed by atoms with Crippen LogP contribution in [-0.2, 0) is 0 Å². The Morgan fingerprint density at radius 3 is 2.53 bits per heavy atom. The zero-order valence-corrected chi connectivity index (χ0v) is 10.6. The molecule has 4 heteroatoms. The number of nitrogens with two attached hydrogens (primary N) is 1. The van der Waals surface area contributed by atoms with Crippen molar-refractivity contribution < 1.29 is 13.5 Å². The summed E-state index contributed by atoms with van der Waals surface area (Å²) in [6, 6.07) is 10.7. The molecule has 19 heavy (non-hydrogen) atoms. The highest BCUT2D eigenvalue weighted by Crippen LogP contribution is 2.26. The molecule has 2 aromatic carbocycles. The molecule has 0 radical (unpaired) electrons. The summed E-state index contributed by atoms with van der Waals surface area (Å²) in [5, 5.41) is 0. The minimum absolute atomic E-state index is 0.0638. The van der Waals surface area contributed by atoms with E-state index in [1.54, 1.807) is 30.3 Å². The molecule has 2 aromatic rings. The van der Waals surface area contributed by atoms with Gasteiger partial charge in [0.1, 0.15) is 11.9 Å².